The molecule has 2 heterocycles. The number of benzene rings is 3. The van der Waals surface area contributed by atoms with E-state index in [2.05, 4.69) is 77.0 Å². The summed E-state index contributed by atoms with van der Waals surface area (Å²) in [6.07, 6.45) is -2.11. The third-order valence-electron chi connectivity index (χ3n) is 8.04. The van der Waals surface area contributed by atoms with Gasteiger partial charge in [-0.2, -0.15) is 0 Å². The number of nitrogens with zero attached hydrogens (tertiary/aromatic N) is 5. The number of hydrogen-bond acceptors (Lipinski definition) is 7. The molecule has 244 valence electrons. The molecule has 46 heavy (non-hydrogen) atoms. The molecule has 2 atom stereocenters. The van der Waals surface area contributed by atoms with Gasteiger partial charge in [0.15, 0.2) is 11.0 Å². The van der Waals surface area contributed by atoms with Gasteiger partial charge in [0.2, 0.25) is 0 Å². The van der Waals surface area contributed by atoms with Crippen LogP contribution in [0.15, 0.2) is 78.0 Å². The zero-order chi connectivity index (χ0) is 32.8. The van der Waals surface area contributed by atoms with Crippen molar-refractivity contribution >= 4 is 22.6 Å². The zero-order valence-corrected chi connectivity index (χ0v) is 27.4. The summed E-state index contributed by atoms with van der Waals surface area (Å²) < 4.78 is 48.4. The summed E-state index contributed by atoms with van der Waals surface area (Å²) in [7, 11) is 1.70. The first-order chi connectivity index (χ1) is 22.0. The Morgan fingerprint density at radius 1 is 0.978 bits per heavy atom. The molecular formula is C34H39F3N6O2S. The zero-order valence-electron chi connectivity index (χ0n) is 26.6. The van der Waals surface area contributed by atoms with Crippen molar-refractivity contribution in [2.24, 2.45) is 4.99 Å². The number of amidine groups is 1. The predicted molar refractivity (Wildman–Crippen MR) is 178 cm³/mol. The van der Waals surface area contributed by atoms with Crippen LogP contribution in [0.3, 0.4) is 0 Å². The maximum atomic E-state index is 12.5. The Kier molecular flexibility index (Phi) is 10.6. The molecule has 1 N–H and O–H groups in total. The molecule has 0 bridgehead atoms. The van der Waals surface area contributed by atoms with E-state index >= 15 is 0 Å². The number of aromatic nitrogens is 3. The van der Waals surface area contributed by atoms with E-state index in [1.807, 2.05) is 18.2 Å². The van der Waals surface area contributed by atoms with E-state index < -0.39 is 6.36 Å². The van der Waals surface area contributed by atoms with Crippen LogP contribution < -0.4 is 19.7 Å². The molecule has 2 unspecified atom stereocenters. The van der Waals surface area contributed by atoms with Crippen molar-refractivity contribution in [3.8, 4) is 28.6 Å². The molecule has 12 heteroatoms. The van der Waals surface area contributed by atoms with Crippen molar-refractivity contribution in [1.29, 1.82) is 0 Å². The summed E-state index contributed by atoms with van der Waals surface area (Å²) >= 11 is 1.79. The molecule has 0 radical (unpaired) electrons. The Morgan fingerprint density at radius 3 is 2.37 bits per heavy atom. The molecule has 1 aromatic heterocycles. The fraction of sp³-hybridized carbons (Fsp3) is 0.382. The van der Waals surface area contributed by atoms with Gasteiger partial charge in [-0.05, 0) is 66.6 Å². The van der Waals surface area contributed by atoms with Gasteiger partial charge in [-0.3, -0.25) is 5.32 Å². The summed E-state index contributed by atoms with van der Waals surface area (Å²) in [6.45, 7) is 10.2. The van der Waals surface area contributed by atoms with E-state index in [4.69, 9.17) is 9.73 Å². The second kappa shape index (κ2) is 14.6. The quantitative estimate of drug-likeness (QED) is 0.176. The van der Waals surface area contributed by atoms with Gasteiger partial charge in [-0.25, -0.2) is 14.7 Å². The number of ether oxygens (including phenoxy) is 2. The third kappa shape index (κ3) is 8.21. The second-order valence-corrected chi connectivity index (χ2v) is 12.6. The molecule has 8 nitrogen and oxygen atoms in total. The maximum Gasteiger partial charge on any atom is 0.573 e. The number of thioether (sulfide) groups is 1. The maximum absolute atomic E-state index is 12.5. The second-order valence-electron chi connectivity index (χ2n) is 11.5. The van der Waals surface area contributed by atoms with Crippen LogP contribution in [-0.4, -0.2) is 58.4 Å². The monoisotopic (exact) mass is 652 g/mol. The number of halogens is 3. The van der Waals surface area contributed by atoms with Crippen molar-refractivity contribution in [3.63, 3.8) is 0 Å². The number of rotatable bonds is 11. The lowest BCUT2D eigenvalue weighted by molar-refractivity contribution is -0.274. The molecule has 1 aliphatic rings. The summed E-state index contributed by atoms with van der Waals surface area (Å²) in [6, 6.07) is 20.1. The summed E-state index contributed by atoms with van der Waals surface area (Å²) in [5, 5.41) is 9.12. The van der Waals surface area contributed by atoms with E-state index in [0.717, 1.165) is 40.9 Å². The average molecular weight is 653 g/mol. The van der Waals surface area contributed by atoms with Crippen molar-refractivity contribution in [2.45, 2.75) is 58.4 Å². The summed E-state index contributed by atoms with van der Waals surface area (Å²) in [4.78, 5) is 11.7. The van der Waals surface area contributed by atoms with Crippen LogP contribution in [0.25, 0.3) is 17.1 Å². The fourth-order valence-corrected chi connectivity index (χ4v) is 6.22. The first kappa shape index (κ1) is 33.3. The molecule has 5 rings (SSSR count). The molecule has 0 saturated carbocycles. The van der Waals surface area contributed by atoms with Gasteiger partial charge in [0, 0.05) is 35.7 Å². The van der Waals surface area contributed by atoms with E-state index in [9.17, 15) is 13.2 Å². The van der Waals surface area contributed by atoms with Crippen LogP contribution in [0.5, 0.6) is 11.5 Å². The van der Waals surface area contributed by atoms with Gasteiger partial charge < -0.3 is 14.4 Å². The Labute approximate surface area is 272 Å². The van der Waals surface area contributed by atoms with Gasteiger partial charge in [0.1, 0.15) is 17.8 Å². The van der Waals surface area contributed by atoms with E-state index in [0.29, 0.717) is 24.1 Å². The Bertz CT molecular complexity index is 1620. The molecule has 4 aromatic rings. The molecular weight excluding hydrogens is 613 g/mol. The molecule has 0 spiro atoms. The first-order valence-electron chi connectivity index (χ1n) is 15.3. The van der Waals surface area contributed by atoms with Crippen LogP contribution in [0.2, 0.25) is 0 Å². The van der Waals surface area contributed by atoms with Gasteiger partial charge in [0.25, 0.3) is 0 Å². The first-order valence-corrected chi connectivity index (χ1v) is 16.2. The minimum absolute atomic E-state index is 0.168. The van der Waals surface area contributed by atoms with Crippen LogP contribution >= 0.6 is 11.8 Å². The minimum Gasteiger partial charge on any atom is -0.497 e. The molecule has 0 aliphatic carbocycles. The van der Waals surface area contributed by atoms with Crippen molar-refractivity contribution in [3.05, 3.63) is 84.2 Å². The number of aliphatic imine (C=N–C) groups is 1. The predicted octanol–water partition coefficient (Wildman–Crippen LogP) is 8.00. The number of alkyl halides is 3. The van der Waals surface area contributed by atoms with E-state index in [-0.39, 0.29) is 17.7 Å². The highest BCUT2D eigenvalue weighted by Gasteiger charge is 2.31. The topological polar surface area (TPSA) is 76.8 Å². The molecule has 1 aliphatic heterocycles. The van der Waals surface area contributed by atoms with E-state index in [1.54, 1.807) is 18.9 Å². The molecule has 1 fully saturated rings. The fourth-order valence-electron chi connectivity index (χ4n) is 5.27. The standard InChI is InChI=1S/C34H39F3N6O2S/c1-22(2)30-16-15-29(44-5)19-31(30)42-17-6-18-46-33(42)39-20-38-24(4)23(3)25-7-9-26(10-8-25)32-40-21-43(41-32)27-11-13-28(14-12-27)45-34(35,36)37/h7-16,19,21-24,38H,6,17-18,20H2,1-5H3. The Hall–Kier alpha value is -4.03. The number of anilines is 1. The number of hydrogen-bond donors (Lipinski definition) is 1. The largest absolute Gasteiger partial charge is 0.573 e. The third-order valence-corrected chi connectivity index (χ3v) is 9.14. The summed E-state index contributed by atoms with van der Waals surface area (Å²) in [5.41, 5.74) is 5.02. The van der Waals surface area contributed by atoms with Crippen LogP contribution in [0, 0.1) is 0 Å². The van der Waals surface area contributed by atoms with Gasteiger partial charge in [-0.1, -0.05) is 62.9 Å². The normalized spacial score (nSPS) is 16.1. The van der Waals surface area contributed by atoms with Gasteiger partial charge in [-0.15, -0.1) is 18.3 Å². The number of methoxy groups -OCH3 is 1. The lowest BCUT2D eigenvalue weighted by atomic mass is 9.93. The average Bonchev–Trinajstić information content (AvgIpc) is 3.54. The molecule has 0 amide bonds. The van der Waals surface area contributed by atoms with Gasteiger partial charge >= 0.3 is 6.36 Å². The van der Waals surface area contributed by atoms with Crippen molar-refractivity contribution < 1.29 is 22.6 Å². The smallest absolute Gasteiger partial charge is 0.497 e. The Morgan fingerprint density at radius 2 is 1.70 bits per heavy atom. The Balaban J connectivity index is 1.20. The molecule has 3 aromatic carbocycles. The van der Waals surface area contributed by atoms with Crippen LogP contribution in [0.4, 0.5) is 18.9 Å². The van der Waals surface area contributed by atoms with Crippen LogP contribution in [-0.2, 0) is 0 Å². The van der Waals surface area contributed by atoms with Crippen molar-refractivity contribution in [2.75, 3.05) is 31.0 Å². The van der Waals surface area contributed by atoms with Crippen molar-refractivity contribution in [1.82, 2.24) is 20.1 Å². The van der Waals surface area contributed by atoms with Gasteiger partial charge in [0.05, 0.1) is 19.5 Å². The highest BCUT2D eigenvalue weighted by molar-refractivity contribution is 8.14. The lowest BCUT2D eigenvalue weighted by Crippen LogP contribution is -2.37. The molecule has 1 saturated heterocycles. The number of nitrogens with one attached hydrogen (secondary N) is 1. The summed E-state index contributed by atoms with van der Waals surface area (Å²) in [5.74, 6) is 2.72. The minimum atomic E-state index is -4.74. The van der Waals surface area contributed by atoms with E-state index in [1.165, 1.54) is 46.4 Å². The highest BCUT2D eigenvalue weighted by atomic mass is 32.2. The SMILES string of the molecule is COc1ccc(C(C)C)c(N2CCCSC2=NCNC(C)C(C)c2ccc(-c3ncn(-c4ccc(OC(F)(F)F)cc4)n3)cc2)c1. The van der Waals surface area contributed by atoms with Crippen LogP contribution in [0.1, 0.15) is 57.1 Å². The lowest BCUT2D eigenvalue weighted by Gasteiger charge is -2.32. The highest BCUT2D eigenvalue weighted by Crippen LogP contribution is 2.35.